The summed E-state index contributed by atoms with van der Waals surface area (Å²) in [5.74, 6) is 0. The lowest BCUT2D eigenvalue weighted by Gasteiger charge is -2.27. The van der Waals surface area contributed by atoms with Crippen molar-refractivity contribution < 1.29 is 27.1 Å². The maximum atomic E-state index is 5.55. The molecule has 6 nitrogen and oxygen atoms in total. The van der Waals surface area contributed by atoms with E-state index in [1.54, 1.807) is 0 Å². The van der Waals surface area contributed by atoms with Gasteiger partial charge in [-0.3, -0.25) is 0 Å². The zero-order valence-electron chi connectivity index (χ0n) is 14.4. The third-order valence-corrected chi connectivity index (χ3v) is 8.12. The Morgan fingerprint density at radius 3 is 0.955 bits per heavy atom. The molecule has 0 atom stereocenters. The van der Waals surface area contributed by atoms with E-state index in [4.69, 9.17) is 50.8 Å². The zero-order valence-corrected chi connectivity index (χ0v) is 17.8. The standard InChI is InChI=1S/C8H20O5P2S2.C4H10O/c1-5-9-14(16,10-6-2)13-15(17,11-7-3)12-8-4;1-3-5-4-2/h5-8H2,1-4H3;3-4H2,1-2H3. The van der Waals surface area contributed by atoms with Crippen molar-refractivity contribution in [3.63, 3.8) is 0 Å². The second-order valence-corrected chi connectivity index (χ2v) is 9.59. The highest BCUT2D eigenvalue weighted by atomic mass is 32.5. The molecule has 0 aromatic heterocycles. The van der Waals surface area contributed by atoms with E-state index in [0.29, 0.717) is 26.4 Å². The molecule has 0 aromatic carbocycles. The summed E-state index contributed by atoms with van der Waals surface area (Å²) in [5.41, 5.74) is 0. The van der Waals surface area contributed by atoms with E-state index in [1.807, 2.05) is 41.5 Å². The topological polar surface area (TPSA) is 55.4 Å². The third-order valence-electron chi connectivity index (χ3n) is 1.76. The molecule has 10 heteroatoms. The summed E-state index contributed by atoms with van der Waals surface area (Å²) in [5, 5.41) is 0. The molecule has 136 valence electrons. The van der Waals surface area contributed by atoms with E-state index in [-0.39, 0.29) is 0 Å². The van der Waals surface area contributed by atoms with Crippen LogP contribution in [0.3, 0.4) is 0 Å². The number of ether oxygens (including phenoxy) is 1. The molecule has 0 bridgehead atoms. The van der Waals surface area contributed by atoms with Crippen molar-refractivity contribution in [3.05, 3.63) is 0 Å². The number of rotatable bonds is 12. The molecular weight excluding hydrogens is 366 g/mol. The fraction of sp³-hybridized carbons (Fsp3) is 1.00. The van der Waals surface area contributed by atoms with Gasteiger partial charge in [0.05, 0.1) is 26.4 Å². The highest BCUT2D eigenvalue weighted by Gasteiger charge is 2.31. The summed E-state index contributed by atoms with van der Waals surface area (Å²) < 4.78 is 31.7. The number of hydrogen-bond donors (Lipinski definition) is 0. The first-order chi connectivity index (χ1) is 10.4. The molecule has 0 aliphatic heterocycles. The first-order valence-electron chi connectivity index (χ1n) is 7.44. The van der Waals surface area contributed by atoms with Gasteiger partial charge in [-0.05, 0) is 65.2 Å². The Balaban J connectivity index is 0. The Morgan fingerprint density at radius 2 is 0.818 bits per heavy atom. The SMILES string of the molecule is CCOCC.CCOP(=S)(OCC)OP(=S)(OCC)OCC. The van der Waals surface area contributed by atoms with Crippen molar-refractivity contribution in [2.75, 3.05) is 39.6 Å². The molecule has 0 saturated carbocycles. The third kappa shape index (κ3) is 13.5. The van der Waals surface area contributed by atoms with Crippen LogP contribution in [0.1, 0.15) is 41.5 Å². The second kappa shape index (κ2) is 15.6. The van der Waals surface area contributed by atoms with Crippen LogP contribution in [-0.2, 0) is 50.8 Å². The lowest BCUT2D eigenvalue weighted by Crippen LogP contribution is -2.03. The van der Waals surface area contributed by atoms with Gasteiger partial charge in [0.25, 0.3) is 0 Å². The Labute approximate surface area is 145 Å². The molecule has 0 saturated heterocycles. The van der Waals surface area contributed by atoms with Crippen LogP contribution in [0, 0.1) is 0 Å². The van der Waals surface area contributed by atoms with E-state index in [1.165, 1.54) is 0 Å². The van der Waals surface area contributed by atoms with Gasteiger partial charge in [0.15, 0.2) is 0 Å². The van der Waals surface area contributed by atoms with Gasteiger partial charge in [0.2, 0.25) is 0 Å². The van der Waals surface area contributed by atoms with Gasteiger partial charge >= 0.3 is 13.4 Å². The second-order valence-electron chi connectivity index (χ2n) is 3.43. The predicted molar refractivity (Wildman–Crippen MR) is 98.3 cm³/mol. The fourth-order valence-electron chi connectivity index (χ4n) is 1.13. The van der Waals surface area contributed by atoms with Gasteiger partial charge in [-0.15, -0.1) is 0 Å². The summed E-state index contributed by atoms with van der Waals surface area (Å²) in [7, 11) is 0. The minimum absolute atomic E-state index is 0.394. The van der Waals surface area contributed by atoms with Crippen molar-refractivity contribution >= 4 is 37.1 Å². The highest BCUT2D eigenvalue weighted by Crippen LogP contribution is 2.66. The van der Waals surface area contributed by atoms with E-state index < -0.39 is 13.4 Å². The molecule has 0 amide bonds. The molecule has 0 fully saturated rings. The Hall–Kier alpha value is 1.06. The first kappa shape index (κ1) is 25.3. The van der Waals surface area contributed by atoms with E-state index in [2.05, 4.69) is 0 Å². The molecular formula is C12H30O6P2S2. The minimum atomic E-state index is -2.87. The van der Waals surface area contributed by atoms with Gasteiger partial charge in [-0.2, -0.15) is 0 Å². The van der Waals surface area contributed by atoms with Gasteiger partial charge in [-0.1, -0.05) is 0 Å². The molecule has 0 aromatic rings. The summed E-state index contributed by atoms with van der Waals surface area (Å²) in [6, 6.07) is 0. The molecule has 0 heterocycles. The zero-order chi connectivity index (χ0) is 17.5. The van der Waals surface area contributed by atoms with Crippen LogP contribution in [0.5, 0.6) is 0 Å². The maximum Gasteiger partial charge on any atom is 0.334 e. The average molecular weight is 396 g/mol. The van der Waals surface area contributed by atoms with Crippen LogP contribution in [0.15, 0.2) is 0 Å². The smallest absolute Gasteiger partial charge is 0.334 e. The lowest BCUT2D eigenvalue weighted by atomic mass is 10.8. The molecule has 0 radical (unpaired) electrons. The van der Waals surface area contributed by atoms with E-state index in [0.717, 1.165) is 13.2 Å². The van der Waals surface area contributed by atoms with Crippen molar-refractivity contribution in [3.8, 4) is 0 Å². The lowest BCUT2D eigenvalue weighted by molar-refractivity contribution is 0.162. The monoisotopic (exact) mass is 396 g/mol. The van der Waals surface area contributed by atoms with E-state index in [9.17, 15) is 0 Å². The highest BCUT2D eigenvalue weighted by molar-refractivity contribution is 8.14. The van der Waals surface area contributed by atoms with Crippen LogP contribution in [0.25, 0.3) is 0 Å². The normalized spacial score (nSPS) is 11.9. The van der Waals surface area contributed by atoms with Crippen LogP contribution in [-0.4, -0.2) is 39.6 Å². The van der Waals surface area contributed by atoms with Crippen LogP contribution in [0.2, 0.25) is 0 Å². The molecule has 0 unspecified atom stereocenters. The summed E-state index contributed by atoms with van der Waals surface area (Å²) in [4.78, 5) is 0. The largest absolute Gasteiger partial charge is 0.382 e. The fourth-order valence-corrected chi connectivity index (χ4v) is 7.50. The van der Waals surface area contributed by atoms with Crippen molar-refractivity contribution in [1.82, 2.24) is 0 Å². The Kier molecular flexibility index (Phi) is 17.9. The van der Waals surface area contributed by atoms with Crippen LogP contribution >= 0.6 is 13.4 Å². The Bertz CT molecular complexity index is 294. The molecule has 0 N–H and O–H groups in total. The summed E-state index contributed by atoms with van der Waals surface area (Å²) in [6.07, 6.45) is 0. The minimum Gasteiger partial charge on any atom is -0.382 e. The first-order valence-corrected chi connectivity index (χ1v) is 12.5. The molecule has 0 aliphatic rings. The van der Waals surface area contributed by atoms with Crippen molar-refractivity contribution in [2.24, 2.45) is 0 Å². The van der Waals surface area contributed by atoms with Gasteiger partial charge < -0.3 is 22.8 Å². The van der Waals surface area contributed by atoms with Crippen molar-refractivity contribution in [2.45, 2.75) is 41.5 Å². The maximum absolute atomic E-state index is 5.55. The molecule has 22 heavy (non-hydrogen) atoms. The Morgan fingerprint density at radius 1 is 0.545 bits per heavy atom. The summed E-state index contributed by atoms with van der Waals surface area (Å²) >= 11 is 10.4. The summed E-state index contributed by atoms with van der Waals surface area (Å²) in [6.45, 7) is 8.75. The average Bonchev–Trinajstić information content (AvgIpc) is 2.40. The van der Waals surface area contributed by atoms with Gasteiger partial charge in [-0.25, -0.2) is 4.31 Å². The number of hydrogen-bond acceptors (Lipinski definition) is 8. The molecule has 0 rings (SSSR count). The molecule has 0 spiro atoms. The van der Waals surface area contributed by atoms with Gasteiger partial charge in [0, 0.05) is 13.2 Å². The van der Waals surface area contributed by atoms with Gasteiger partial charge in [0.1, 0.15) is 0 Å². The predicted octanol–water partition coefficient (Wildman–Crippen LogP) is 4.64. The van der Waals surface area contributed by atoms with Crippen LogP contribution in [0.4, 0.5) is 0 Å². The van der Waals surface area contributed by atoms with Crippen LogP contribution < -0.4 is 0 Å². The quantitative estimate of drug-likeness (QED) is 0.442. The van der Waals surface area contributed by atoms with E-state index >= 15 is 0 Å². The van der Waals surface area contributed by atoms with Crippen molar-refractivity contribution in [1.29, 1.82) is 0 Å². The molecule has 0 aliphatic carbocycles.